The fourth-order valence-electron chi connectivity index (χ4n) is 9.12. The summed E-state index contributed by atoms with van der Waals surface area (Å²) in [6, 6.07) is 0. The molecule has 4 saturated carbocycles. The molecule has 0 radical (unpaired) electrons. The number of hydrogen-bond donors (Lipinski definition) is 2. The maximum atomic E-state index is 11.2. The normalized spacial score (nSPS) is 51.1. The Morgan fingerprint density at radius 3 is 2.21 bits per heavy atom. The first-order valence-electron chi connectivity index (χ1n) is 12.8. The average Bonchev–Trinajstić information content (AvgIpc) is 2.98. The summed E-state index contributed by atoms with van der Waals surface area (Å²) < 4.78 is 0. The van der Waals surface area contributed by atoms with Gasteiger partial charge in [0.05, 0.1) is 12.2 Å². The monoisotopic (exact) mass is 404 g/mol. The molecule has 0 spiro atoms. The summed E-state index contributed by atoms with van der Waals surface area (Å²) in [5.41, 5.74) is 1.17. The van der Waals surface area contributed by atoms with Crippen LogP contribution in [0.2, 0.25) is 0 Å². The van der Waals surface area contributed by atoms with Crippen LogP contribution >= 0.6 is 0 Å². The highest BCUT2D eigenvalue weighted by Gasteiger charge is 2.62. The van der Waals surface area contributed by atoms with Gasteiger partial charge >= 0.3 is 0 Å². The third-order valence-corrected chi connectivity index (χ3v) is 10.8. The molecule has 2 nitrogen and oxygen atoms in total. The molecule has 4 fully saturated rings. The van der Waals surface area contributed by atoms with Crippen molar-refractivity contribution in [1.29, 1.82) is 0 Å². The van der Waals surface area contributed by atoms with Crippen molar-refractivity contribution in [2.24, 2.45) is 51.8 Å². The van der Waals surface area contributed by atoms with Gasteiger partial charge in [-0.25, -0.2) is 0 Å². The zero-order valence-electron chi connectivity index (χ0n) is 20.1. The summed E-state index contributed by atoms with van der Waals surface area (Å²) in [6.07, 6.45) is 11.7. The van der Waals surface area contributed by atoms with Gasteiger partial charge in [-0.05, 0) is 116 Å². The maximum absolute atomic E-state index is 11.2. The summed E-state index contributed by atoms with van der Waals surface area (Å²) in [6.45, 7) is 14.8. The molecule has 0 aromatic carbocycles. The van der Waals surface area contributed by atoms with E-state index in [4.69, 9.17) is 0 Å². The van der Waals surface area contributed by atoms with Crippen LogP contribution in [0.25, 0.3) is 0 Å². The molecule has 4 aliphatic rings. The van der Waals surface area contributed by atoms with Gasteiger partial charge in [0.1, 0.15) is 0 Å². The Kier molecular flexibility index (Phi) is 5.73. The van der Waals surface area contributed by atoms with Gasteiger partial charge in [0, 0.05) is 0 Å². The molecule has 4 unspecified atom stereocenters. The van der Waals surface area contributed by atoms with Gasteiger partial charge in [0.25, 0.3) is 0 Å². The Morgan fingerprint density at radius 2 is 1.52 bits per heavy atom. The zero-order chi connectivity index (χ0) is 21.2. The van der Waals surface area contributed by atoms with Crippen LogP contribution in [0, 0.1) is 51.8 Å². The molecule has 0 heterocycles. The molecule has 2 heteroatoms. The third kappa shape index (κ3) is 3.73. The highest BCUT2D eigenvalue weighted by Crippen LogP contribution is 2.68. The topological polar surface area (TPSA) is 40.5 Å². The summed E-state index contributed by atoms with van der Waals surface area (Å²) in [4.78, 5) is 0. The van der Waals surface area contributed by atoms with Gasteiger partial charge in [-0.3, -0.25) is 0 Å². The number of aliphatic hydroxyl groups is 2. The van der Waals surface area contributed by atoms with Crippen molar-refractivity contribution >= 4 is 0 Å². The number of aliphatic hydroxyl groups excluding tert-OH is 2. The van der Waals surface area contributed by atoms with E-state index in [-0.39, 0.29) is 17.6 Å². The smallest absolute Gasteiger partial charge is 0.0577 e. The lowest BCUT2D eigenvalue weighted by molar-refractivity contribution is -0.172. The van der Waals surface area contributed by atoms with Crippen molar-refractivity contribution in [1.82, 2.24) is 0 Å². The lowest BCUT2D eigenvalue weighted by atomic mass is 9.43. The summed E-state index contributed by atoms with van der Waals surface area (Å²) >= 11 is 0. The van der Waals surface area contributed by atoms with Crippen molar-refractivity contribution in [3.05, 3.63) is 0 Å². The molecule has 0 amide bonds. The Labute approximate surface area is 180 Å². The minimum Gasteiger partial charge on any atom is -0.393 e. The van der Waals surface area contributed by atoms with E-state index in [0.717, 1.165) is 49.4 Å². The molecule has 0 aliphatic heterocycles. The second-order valence-electron chi connectivity index (χ2n) is 13.5. The van der Waals surface area contributed by atoms with Crippen LogP contribution in [0.15, 0.2) is 0 Å². The fraction of sp³-hybridized carbons (Fsp3) is 1.00. The molecular weight excluding hydrogens is 356 g/mol. The van der Waals surface area contributed by atoms with Crippen LogP contribution in [0.4, 0.5) is 0 Å². The van der Waals surface area contributed by atoms with Crippen LogP contribution < -0.4 is 0 Å². The van der Waals surface area contributed by atoms with Gasteiger partial charge in [-0.1, -0.05) is 41.5 Å². The van der Waals surface area contributed by atoms with Crippen LogP contribution in [0.3, 0.4) is 0 Å². The van der Waals surface area contributed by atoms with E-state index >= 15 is 0 Å². The minimum atomic E-state index is -0.198. The molecule has 2 N–H and O–H groups in total. The van der Waals surface area contributed by atoms with Crippen molar-refractivity contribution in [3.63, 3.8) is 0 Å². The van der Waals surface area contributed by atoms with E-state index in [1.165, 1.54) is 38.5 Å². The summed E-state index contributed by atoms with van der Waals surface area (Å²) in [5, 5.41) is 21.4. The van der Waals surface area contributed by atoms with Crippen LogP contribution in [0.1, 0.15) is 106 Å². The predicted octanol–water partition coefficient (Wildman–Crippen LogP) is 6.44. The molecule has 10 atom stereocenters. The third-order valence-electron chi connectivity index (χ3n) is 10.8. The van der Waals surface area contributed by atoms with Gasteiger partial charge < -0.3 is 10.2 Å². The van der Waals surface area contributed by atoms with Crippen molar-refractivity contribution in [2.75, 3.05) is 0 Å². The fourth-order valence-corrected chi connectivity index (χ4v) is 9.12. The molecule has 168 valence electrons. The molecular formula is C27H48O2. The van der Waals surface area contributed by atoms with E-state index < -0.39 is 0 Å². The van der Waals surface area contributed by atoms with Crippen molar-refractivity contribution < 1.29 is 10.2 Å². The van der Waals surface area contributed by atoms with Crippen LogP contribution in [0.5, 0.6) is 0 Å². The molecule has 0 aromatic rings. The first-order valence-corrected chi connectivity index (χ1v) is 12.8. The van der Waals surface area contributed by atoms with Gasteiger partial charge in [0.2, 0.25) is 0 Å². The largest absolute Gasteiger partial charge is 0.393 e. The minimum absolute atomic E-state index is 0.187. The predicted molar refractivity (Wildman–Crippen MR) is 120 cm³/mol. The van der Waals surface area contributed by atoms with Gasteiger partial charge in [-0.2, -0.15) is 0 Å². The Balaban J connectivity index is 1.53. The highest BCUT2D eigenvalue weighted by atomic mass is 16.3. The summed E-state index contributed by atoms with van der Waals surface area (Å²) in [5.74, 6) is 4.29. The molecule has 0 bridgehead atoms. The highest BCUT2D eigenvalue weighted by molar-refractivity contribution is 5.11. The number of fused-ring (bicyclic) bond motifs is 5. The lowest BCUT2D eigenvalue weighted by Gasteiger charge is -2.62. The first kappa shape index (κ1) is 22.1. The summed E-state index contributed by atoms with van der Waals surface area (Å²) in [7, 11) is 0. The van der Waals surface area contributed by atoms with Crippen LogP contribution in [-0.4, -0.2) is 22.4 Å². The van der Waals surface area contributed by atoms with Gasteiger partial charge in [0.15, 0.2) is 0 Å². The molecule has 29 heavy (non-hydrogen) atoms. The van der Waals surface area contributed by atoms with Crippen LogP contribution in [-0.2, 0) is 0 Å². The molecule has 0 saturated heterocycles. The number of rotatable bonds is 3. The number of hydrogen-bond acceptors (Lipinski definition) is 2. The van der Waals surface area contributed by atoms with Gasteiger partial charge in [-0.15, -0.1) is 0 Å². The van der Waals surface area contributed by atoms with E-state index in [1.807, 2.05) is 0 Å². The molecule has 4 aliphatic carbocycles. The van der Waals surface area contributed by atoms with E-state index in [2.05, 4.69) is 41.5 Å². The maximum Gasteiger partial charge on any atom is 0.0577 e. The quantitative estimate of drug-likeness (QED) is 0.568. The average molecular weight is 405 g/mol. The Morgan fingerprint density at radius 1 is 0.862 bits per heavy atom. The van der Waals surface area contributed by atoms with Crippen molar-refractivity contribution in [3.8, 4) is 0 Å². The van der Waals surface area contributed by atoms with E-state index in [1.54, 1.807) is 0 Å². The van der Waals surface area contributed by atoms with Crippen molar-refractivity contribution in [2.45, 2.75) is 118 Å². The molecule has 0 aromatic heterocycles. The van der Waals surface area contributed by atoms with E-state index in [9.17, 15) is 10.2 Å². The SMILES string of the molecule is C[C@H](CCC(C)(C)C)C1CCC2C3C[C@H](O)[C@@H]4C[C@H](O)CC[C@]4(C)C3CC[C@@]21C. The Bertz CT molecular complexity index is 594. The second-order valence-corrected chi connectivity index (χ2v) is 13.5. The first-order chi connectivity index (χ1) is 13.5. The second kappa shape index (κ2) is 7.51. The zero-order valence-corrected chi connectivity index (χ0v) is 20.1. The van der Waals surface area contributed by atoms with E-state index in [0.29, 0.717) is 22.7 Å². The Hall–Kier alpha value is -0.0800. The molecule has 4 rings (SSSR count). The lowest BCUT2D eigenvalue weighted by Crippen LogP contribution is -2.58. The standard InChI is InChI=1S/C27H48O2/c1-17(9-12-25(2,3)4)20-7-8-21-19-16-24(29)23-15-18(28)10-13-27(23,6)22(19)11-14-26(20,21)5/h17-24,28-29H,7-16H2,1-6H3/t17-,18-,19?,20?,21?,22?,23+,24+,26-,27-/m1/s1.